The van der Waals surface area contributed by atoms with E-state index in [1.807, 2.05) is 6.92 Å². The van der Waals surface area contributed by atoms with Gasteiger partial charge in [-0.1, -0.05) is 12.0 Å². The number of hydrogen-bond donors (Lipinski definition) is 2. The van der Waals surface area contributed by atoms with Gasteiger partial charge >= 0.3 is 0 Å². The molecule has 0 saturated heterocycles. The Morgan fingerprint density at radius 2 is 2.28 bits per heavy atom. The zero-order chi connectivity index (χ0) is 13.1. The molecule has 18 heavy (non-hydrogen) atoms. The van der Waals surface area contributed by atoms with E-state index in [1.54, 1.807) is 13.1 Å². The van der Waals surface area contributed by atoms with Crippen LogP contribution in [-0.4, -0.2) is 31.1 Å². The van der Waals surface area contributed by atoms with Gasteiger partial charge in [-0.25, -0.2) is 4.98 Å². The predicted octanol–water partition coefficient (Wildman–Crippen LogP) is 0.00200. The van der Waals surface area contributed by atoms with Gasteiger partial charge in [0.25, 0.3) is 11.9 Å². The van der Waals surface area contributed by atoms with Crippen LogP contribution in [0.3, 0.4) is 0 Å². The standard InChI is InChI=1S/C10H13N7O/c1-3-7-4-6(5-8(11)12-7)9(18)13-10-14-16-17(2)15-10/h4-5H,3H2,1-2H3,(H2,11,12)(H,13,15,18). The second kappa shape index (κ2) is 4.78. The molecule has 0 atom stereocenters. The number of nitrogens with zero attached hydrogens (tertiary/aromatic N) is 5. The van der Waals surface area contributed by atoms with Crippen LogP contribution in [0.2, 0.25) is 0 Å². The van der Waals surface area contributed by atoms with Crippen LogP contribution in [0.5, 0.6) is 0 Å². The van der Waals surface area contributed by atoms with E-state index >= 15 is 0 Å². The number of rotatable bonds is 3. The number of tetrazole rings is 1. The van der Waals surface area contributed by atoms with Crippen molar-refractivity contribution in [1.29, 1.82) is 0 Å². The molecule has 2 rings (SSSR count). The second-order valence-corrected chi connectivity index (χ2v) is 3.68. The third-order valence-electron chi connectivity index (χ3n) is 2.26. The highest BCUT2D eigenvalue weighted by Crippen LogP contribution is 2.10. The first-order valence-corrected chi connectivity index (χ1v) is 5.40. The lowest BCUT2D eigenvalue weighted by molar-refractivity contribution is 0.102. The van der Waals surface area contributed by atoms with E-state index in [4.69, 9.17) is 5.73 Å². The number of aromatic nitrogens is 5. The molecule has 0 bridgehead atoms. The molecule has 2 aromatic heterocycles. The Morgan fingerprint density at radius 3 is 2.89 bits per heavy atom. The highest BCUT2D eigenvalue weighted by atomic mass is 16.1. The minimum Gasteiger partial charge on any atom is -0.384 e. The largest absolute Gasteiger partial charge is 0.384 e. The predicted molar refractivity (Wildman–Crippen MR) is 64.8 cm³/mol. The van der Waals surface area contributed by atoms with Gasteiger partial charge in [0.15, 0.2) is 0 Å². The lowest BCUT2D eigenvalue weighted by Gasteiger charge is -2.04. The van der Waals surface area contributed by atoms with E-state index in [0.29, 0.717) is 17.8 Å². The number of nitrogen functional groups attached to an aromatic ring is 1. The molecule has 3 N–H and O–H groups in total. The molecule has 0 radical (unpaired) electrons. The monoisotopic (exact) mass is 247 g/mol. The second-order valence-electron chi connectivity index (χ2n) is 3.68. The summed E-state index contributed by atoms with van der Waals surface area (Å²) in [4.78, 5) is 17.3. The van der Waals surface area contributed by atoms with Crippen molar-refractivity contribution >= 4 is 17.7 Å². The zero-order valence-electron chi connectivity index (χ0n) is 10.1. The Labute approximate surface area is 103 Å². The first kappa shape index (κ1) is 12.0. The highest BCUT2D eigenvalue weighted by molar-refractivity contribution is 6.03. The summed E-state index contributed by atoms with van der Waals surface area (Å²) in [5.41, 5.74) is 6.81. The average molecular weight is 247 g/mol. The number of anilines is 2. The molecule has 0 aromatic carbocycles. The summed E-state index contributed by atoms with van der Waals surface area (Å²) in [6.45, 7) is 1.94. The Kier molecular flexibility index (Phi) is 3.18. The normalized spacial score (nSPS) is 10.3. The lowest BCUT2D eigenvalue weighted by Crippen LogP contribution is -2.14. The summed E-state index contributed by atoms with van der Waals surface area (Å²) in [6, 6.07) is 3.19. The molecule has 0 fully saturated rings. The molecule has 0 unspecified atom stereocenters. The summed E-state index contributed by atoms with van der Waals surface area (Å²) in [6.07, 6.45) is 0.703. The quantitative estimate of drug-likeness (QED) is 0.789. The topological polar surface area (TPSA) is 112 Å². The molecule has 8 nitrogen and oxygen atoms in total. The van der Waals surface area contributed by atoms with Crippen molar-refractivity contribution in [3.8, 4) is 0 Å². The molecule has 0 spiro atoms. The number of carbonyl (C=O) groups is 1. The Morgan fingerprint density at radius 1 is 1.50 bits per heavy atom. The number of hydrogen-bond acceptors (Lipinski definition) is 6. The van der Waals surface area contributed by atoms with E-state index in [2.05, 4.69) is 25.7 Å². The molecule has 2 heterocycles. The van der Waals surface area contributed by atoms with Crippen LogP contribution >= 0.6 is 0 Å². The molecule has 8 heteroatoms. The van der Waals surface area contributed by atoms with Crippen LogP contribution < -0.4 is 11.1 Å². The van der Waals surface area contributed by atoms with E-state index in [-0.39, 0.29) is 11.9 Å². The summed E-state index contributed by atoms with van der Waals surface area (Å²) < 4.78 is 0. The maximum atomic E-state index is 11.9. The van der Waals surface area contributed by atoms with E-state index in [1.165, 1.54) is 10.9 Å². The molecular formula is C10H13N7O. The number of amides is 1. The SMILES string of the molecule is CCc1cc(C(=O)Nc2nnn(C)n2)cc(N)n1. The summed E-state index contributed by atoms with van der Waals surface area (Å²) >= 11 is 0. The molecule has 0 aliphatic rings. The maximum Gasteiger partial charge on any atom is 0.270 e. The minimum absolute atomic E-state index is 0.149. The first-order chi connectivity index (χ1) is 8.58. The fourth-order valence-electron chi connectivity index (χ4n) is 1.43. The molecular weight excluding hydrogens is 234 g/mol. The molecule has 0 aliphatic carbocycles. The van der Waals surface area contributed by atoms with Gasteiger partial charge in [-0.2, -0.15) is 4.80 Å². The van der Waals surface area contributed by atoms with Gasteiger partial charge in [0, 0.05) is 11.3 Å². The molecule has 94 valence electrons. The third-order valence-corrected chi connectivity index (χ3v) is 2.26. The van der Waals surface area contributed by atoms with Crippen molar-refractivity contribution < 1.29 is 4.79 Å². The summed E-state index contributed by atoms with van der Waals surface area (Å²) in [7, 11) is 1.61. The van der Waals surface area contributed by atoms with E-state index < -0.39 is 0 Å². The van der Waals surface area contributed by atoms with Crippen LogP contribution in [0, 0.1) is 0 Å². The van der Waals surface area contributed by atoms with Gasteiger partial charge in [0.2, 0.25) is 0 Å². The van der Waals surface area contributed by atoms with Gasteiger partial charge in [-0.05, 0) is 23.8 Å². The van der Waals surface area contributed by atoms with Crippen LogP contribution in [-0.2, 0) is 13.5 Å². The van der Waals surface area contributed by atoms with E-state index in [0.717, 1.165) is 5.69 Å². The Hall–Kier alpha value is -2.51. The van der Waals surface area contributed by atoms with Crippen molar-refractivity contribution in [2.24, 2.45) is 7.05 Å². The van der Waals surface area contributed by atoms with Crippen LogP contribution in [0.1, 0.15) is 23.0 Å². The zero-order valence-corrected chi connectivity index (χ0v) is 10.1. The Balaban J connectivity index is 2.20. The fourth-order valence-corrected chi connectivity index (χ4v) is 1.43. The first-order valence-electron chi connectivity index (χ1n) is 5.40. The Bertz CT molecular complexity index is 577. The maximum absolute atomic E-state index is 11.9. The number of nitrogens with two attached hydrogens (primary N) is 1. The number of aryl methyl sites for hydroxylation is 2. The summed E-state index contributed by atoms with van der Waals surface area (Å²) in [5.74, 6) is 0.120. The van der Waals surface area contributed by atoms with Gasteiger partial charge in [0.05, 0.1) is 7.05 Å². The van der Waals surface area contributed by atoms with E-state index in [9.17, 15) is 4.79 Å². The van der Waals surface area contributed by atoms with Crippen LogP contribution in [0.15, 0.2) is 12.1 Å². The number of nitrogens with one attached hydrogen (secondary N) is 1. The van der Waals surface area contributed by atoms with Crippen molar-refractivity contribution in [2.75, 3.05) is 11.1 Å². The average Bonchev–Trinajstić information content (AvgIpc) is 2.73. The molecule has 1 amide bonds. The van der Waals surface area contributed by atoms with Crippen LogP contribution in [0.4, 0.5) is 11.8 Å². The molecule has 2 aromatic rings. The minimum atomic E-state index is -0.341. The fraction of sp³-hybridized carbons (Fsp3) is 0.300. The summed E-state index contributed by atoms with van der Waals surface area (Å²) in [5, 5.41) is 13.7. The number of pyridine rings is 1. The lowest BCUT2D eigenvalue weighted by atomic mass is 10.2. The van der Waals surface area contributed by atoms with Crippen molar-refractivity contribution in [1.82, 2.24) is 25.2 Å². The van der Waals surface area contributed by atoms with Crippen LogP contribution in [0.25, 0.3) is 0 Å². The third kappa shape index (κ3) is 2.59. The van der Waals surface area contributed by atoms with Gasteiger partial charge < -0.3 is 5.73 Å². The van der Waals surface area contributed by atoms with Gasteiger partial charge in [-0.3, -0.25) is 10.1 Å². The highest BCUT2D eigenvalue weighted by Gasteiger charge is 2.11. The van der Waals surface area contributed by atoms with Crippen molar-refractivity contribution in [2.45, 2.75) is 13.3 Å². The molecule has 0 aliphatic heterocycles. The number of carbonyl (C=O) groups excluding carboxylic acids is 1. The molecule has 0 saturated carbocycles. The smallest absolute Gasteiger partial charge is 0.270 e. The van der Waals surface area contributed by atoms with Crippen molar-refractivity contribution in [3.05, 3.63) is 23.4 Å². The van der Waals surface area contributed by atoms with Crippen molar-refractivity contribution in [3.63, 3.8) is 0 Å². The van der Waals surface area contributed by atoms with Gasteiger partial charge in [0.1, 0.15) is 5.82 Å². The van der Waals surface area contributed by atoms with Gasteiger partial charge in [-0.15, -0.1) is 5.10 Å².